The lowest BCUT2D eigenvalue weighted by atomic mass is 10.0. The molecule has 1 fully saturated rings. The van der Waals surface area contributed by atoms with Crippen molar-refractivity contribution < 1.29 is 4.74 Å². The first-order valence-electron chi connectivity index (χ1n) is 5.13. The van der Waals surface area contributed by atoms with E-state index in [0.29, 0.717) is 12.5 Å². The van der Waals surface area contributed by atoms with E-state index < -0.39 is 0 Å². The molecule has 5 heteroatoms. The van der Waals surface area contributed by atoms with Crippen LogP contribution in [0, 0.1) is 5.92 Å². The summed E-state index contributed by atoms with van der Waals surface area (Å²) in [6.07, 6.45) is 3.51. The third-order valence-corrected chi connectivity index (χ3v) is 2.69. The number of nitrogens with zero attached hydrogens (tertiary/aromatic N) is 1. The fourth-order valence-electron chi connectivity index (χ4n) is 1.80. The minimum absolute atomic E-state index is 0.325. The molecule has 2 heterocycles. The van der Waals surface area contributed by atoms with Crippen LogP contribution in [0.2, 0.25) is 0 Å². The van der Waals surface area contributed by atoms with E-state index in [9.17, 15) is 9.59 Å². The molecule has 1 N–H and O–H groups in total. The molecular weight excluding hydrogens is 196 g/mol. The lowest BCUT2D eigenvalue weighted by Gasteiger charge is -2.22. The van der Waals surface area contributed by atoms with Gasteiger partial charge in [0.2, 0.25) is 0 Å². The molecule has 0 radical (unpaired) electrons. The van der Waals surface area contributed by atoms with Gasteiger partial charge in [-0.1, -0.05) is 0 Å². The van der Waals surface area contributed by atoms with Gasteiger partial charge in [0, 0.05) is 32.0 Å². The van der Waals surface area contributed by atoms with Crippen LogP contribution >= 0.6 is 0 Å². The standard InChI is InChI=1S/C10H14N2O3/c13-9-1-4-12(10(14)11-9)7-8-2-5-15-6-3-8/h1,4,8H,2-3,5-7H2,(H,11,13,14). The highest BCUT2D eigenvalue weighted by Gasteiger charge is 2.14. The SMILES string of the molecule is O=c1ccn(CC2CCOCC2)c(=O)[nH]1. The molecule has 2 rings (SSSR count). The number of aromatic nitrogens is 2. The Hall–Kier alpha value is -1.36. The van der Waals surface area contributed by atoms with Gasteiger partial charge in [0.15, 0.2) is 0 Å². The minimum Gasteiger partial charge on any atom is -0.381 e. The first-order chi connectivity index (χ1) is 7.25. The van der Waals surface area contributed by atoms with E-state index in [4.69, 9.17) is 4.74 Å². The molecule has 0 spiro atoms. The summed E-state index contributed by atoms with van der Waals surface area (Å²) in [5.41, 5.74) is -0.669. The maximum atomic E-state index is 11.4. The highest BCUT2D eigenvalue weighted by Crippen LogP contribution is 2.15. The second-order valence-corrected chi connectivity index (χ2v) is 3.82. The summed E-state index contributed by atoms with van der Waals surface area (Å²) < 4.78 is 6.79. The van der Waals surface area contributed by atoms with Gasteiger partial charge < -0.3 is 9.30 Å². The van der Waals surface area contributed by atoms with Crippen LogP contribution in [0.15, 0.2) is 21.9 Å². The van der Waals surface area contributed by atoms with E-state index in [1.54, 1.807) is 10.8 Å². The van der Waals surface area contributed by atoms with Gasteiger partial charge in [-0.05, 0) is 18.8 Å². The molecular formula is C10H14N2O3. The van der Waals surface area contributed by atoms with Crippen LogP contribution in [0.25, 0.3) is 0 Å². The van der Waals surface area contributed by atoms with Gasteiger partial charge in [-0.15, -0.1) is 0 Å². The van der Waals surface area contributed by atoms with E-state index in [2.05, 4.69) is 4.98 Å². The van der Waals surface area contributed by atoms with Crippen molar-refractivity contribution in [2.45, 2.75) is 19.4 Å². The summed E-state index contributed by atoms with van der Waals surface area (Å²) in [5.74, 6) is 0.474. The Morgan fingerprint density at radius 1 is 1.40 bits per heavy atom. The van der Waals surface area contributed by atoms with Gasteiger partial charge in [0.1, 0.15) is 0 Å². The van der Waals surface area contributed by atoms with Crippen LogP contribution in [-0.2, 0) is 11.3 Å². The Bertz CT molecular complexity index is 429. The van der Waals surface area contributed by atoms with Gasteiger partial charge in [0.25, 0.3) is 5.56 Å². The molecule has 1 aliphatic rings. The fraction of sp³-hybridized carbons (Fsp3) is 0.600. The molecule has 0 saturated carbocycles. The van der Waals surface area contributed by atoms with Crippen LogP contribution in [-0.4, -0.2) is 22.8 Å². The predicted molar refractivity (Wildman–Crippen MR) is 54.9 cm³/mol. The van der Waals surface area contributed by atoms with Crippen molar-refractivity contribution in [3.05, 3.63) is 33.1 Å². The van der Waals surface area contributed by atoms with Gasteiger partial charge in [-0.3, -0.25) is 9.78 Å². The van der Waals surface area contributed by atoms with Crippen LogP contribution < -0.4 is 11.2 Å². The predicted octanol–water partition coefficient (Wildman–Crippen LogP) is -0.0368. The zero-order valence-corrected chi connectivity index (χ0v) is 8.44. The molecule has 0 atom stereocenters. The summed E-state index contributed by atoms with van der Waals surface area (Å²) in [4.78, 5) is 24.5. The molecule has 1 aromatic heterocycles. The van der Waals surface area contributed by atoms with E-state index in [1.165, 1.54) is 6.07 Å². The average Bonchev–Trinajstić information content (AvgIpc) is 2.24. The van der Waals surface area contributed by atoms with Gasteiger partial charge in [0.05, 0.1) is 0 Å². The highest BCUT2D eigenvalue weighted by atomic mass is 16.5. The third kappa shape index (κ3) is 2.56. The Morgan fingerprint density at radius 3 is 2.80 bits per heavy atom. The quantitative estimate of drug-likeness (QED) is 0.745. The number of rotatable bonds is 2. The number of aromatic amines is 1. The van der Waals surface area contributed by atoms with Crippen molar-refractivity contribution >= 4 is 0 Å². The Labute approximate surface area is 86.7 Å². The largest absolute Gasteiger partial charge is 0.381 e. The lowest BCUT2D eigenvalue weighted by molar-refractivity contribution is 0.0608. The summed E-state index contributed by atoms with van der Waals surface area (Å²) in [7, 11) is 0. The number of hydrogen-bond acceptors (Lipinski definition) is 3. The first-order valence-corrected chi connectivity index (χ1v) is 5.13. The van der Waals surface area contributed by atoms with Crippen LogP contribution in [0.1, 0.15) is 12.8 Å². The second kappa shape index (κ2) is 4.44. The van der Waals surface area contributed by atoms with Crippen molar-refractivity contribution in [2.24, 2.45) is 5.92 Å². The van der Waals surface area contributed by atoms with Crippen LogP contribution in [0.5, 0.6) is 0 Å². The van der Waals surface area contributed by atoms with E-state index >= 15 is 0 Å². The number of hydrogen-bond donors (Lipinski definition) is 1. The maximum Gasteiger partial charge on any atom is 0.328 e. The molecule has 0 aromatic carbocycles. The summed E-state index contributed by atoms with van der Waals surface area (Å²) in [6.45, 7) is 2.20. The summed E-state index contributed by atoms with van der Waals surface area (Å²) >= 11 is 0. The van der Waals surface area contributed by atoms with Crippen molar-refractivity contribution in [1.29, 1.82) is 0 Å². The average molecular weight is 210 g/mol. The number of ether oxygens (including phenoxy) is 1. The van der Waals surface area contributed by atoms with Gasteiger partial charge in [-0.25, -0.2) is 4.79 Å². The highest BCUT2D eigenvalue weighted by molar-refractivity contribution is 4.83. The zero-order valence-electron chi connectivity index (χ0n) is 8.44. The molecule has 1 aliphatic heterocycles. The third-order valence-electron chi connectivity index (χ3n) is 2.69. The summed E-state index contributed by atoms with van der Waals surface area (Å²) in [6, 6.07) is 1.38. The molecule has 82 valence electrons. The van der Waals surface area contributed by atoms with E-state index in [0.717, 1.165) is 26.1 Å². The van der Waals surface area contributed by atoms with Crippen molar-refractivity contribution in [1.82, 2.24) is 9.55 Å². The first kappa shape index (κ1) is 10.2. The molecule has 1 saturated heterocycles. The smallest absolute Gasteiger partial charge is 0.328 e. The van der Waals surface area contributed by atoms with Crippen molar-refractivity contribution in [2.75, 3.05) is 13.2 Å². The Balaban J connectivity index is 2.09. The maximum absolute atomic E-state index is 11.4. The van der Waals surface area contributed by atoms with E-state index in [1.807, 2.05) is 0 Å². The monoisotopic (exact) mass is 210 g/mol. The van der Waals surface area contributed by atoms with Gasteiger partial charge in [-0.2, -0.15) is 0 Å². The molecule has 5 nitrogen and oxygen atoms in total. The zero-order chi connectivity index (χ0) is 10.7. The van der Waals surface area contributed by atoms with Crippen LogP contribution in [0.3, 0.4) is 0 Å². The molecule has 0 aliphatic carbocycles. The lowest BCUT2D eigenvalue weighted by Crippen LogP contribution is -2.32. The molecule has 0 bridgehead atoms. The number of nitrogens with one attached hydrogen (secondary N) is 1. The van der Waals surface area contributed by atoms with E-state index in [-0.39, 0.29) is 11.2 Å². The molecule has 1 aromatic rings. The number of H-pyrrole nitrogens is 1. The van der Waals surface area contributed by atoms with Gasteiger partial charge >= 0.3 is 5.69 Å². The minimum atomic E-state index is -0.344. The van der Waals surface area contributed by atoms with Crippen LogP contribution in [0.4, 0.5) is 0 Å². The van der Waals surface area contributed by atoms with Crippen molar-refractivity contribution in [3.8, 4) is 0 Å². The topological polar surface area (TPSA) is 64.1 Å². The Morgan fingerprint density at radius 2 is 2.13 bits per heavy atom. The fourth-order valence-corrected chi connectivity index (χ4v) is 1.80. The molecule has 0 unspecified atom stereocenters. The van der Waals surface area contributed by atoms with Crippen molar-refractivity contribution in [3.63, 3.8) is 0 Å². The Kier molecular flexibility index (Phi) is 3.01. The molecule has 0 amide bonds. The second-order valence-electron chi connectivity index (χ2n) is 3.82. The normalized spacial score (nSPS) is 17.9. The molecule has 15 heavy (non-hydrogen) atoms. The summed E-state index contributed by atoms with van der Waals surface area (Å²) in [5, 5.41) is 0.